The van der Waals surface area contributed by atoms with Crippen LogP contribution in [0.1, 0.15) is 25.0 Å². The fourth-order valence-corrected chi connectivity index (χ4v) is 2.66. The van der Waals surface area contributed by atoms with Crippen molar-refractivity contribution in [1.82, 2.24) is 15.1 Å². The second-order valence-electron chi connectivity index (χ2n) is 7.13. The van der Waals surface area contributed by atoms with Gasteiger partial charge in [-0.2, -0.15) is 0 Å². The second-order valence-corrected chi connectivity index (χ2v) is 7.13. The first-order valence-corrected chi connectivity index (χ1v) is 8.30. The lowest BCUT2D eigenvalue weighted by atomic mass is 9.86. The zero-order chi connectivity index (χ0) is 17.7. The Morgan fingerprint density at radius 3 is 2.17 bits per heavy atom. The van der Waals surface area contributed by atoms with E-state index in [2.05, 4.69) is 17.3 Å². The quantitative estimate of drug-likeness (QED) is 0.862. The number of carbonyl (C=O) groups is 2. The predicted molar refractivity (Wildman–Crippen MR) is 92.9 cm³/mol. The molecule has 0 unspecified atom stereocenters. The number of nitrogens with zero attached hydrogens (tertiary/aromatic N) is 2. The summed E-state index contributed by atoms with van der Waals surface area (Å²) in [6.07, 6.45) is 0.482. The second kappa shape index (κ2) is 7.66. The van der Waals surface area contributed by atoms with Crippen LogP contribution in [0.3, 0.4) is 0 Å². The fraction of sp³-hybridized carbons (Fsp3) is 0.556. The molecule has 2 N–H and O–H groups in total. The molecule has 24 heavy (non-hydrogen) atoms. The van der Waals surface area contributed by atoms with Gasteiger partial charge in [-0.3, -0.25) is 4.79 Å². The van der Waals surface area contributed by atoms with E-state index in [1.807, 2.05) is 29.2 Å². The fourth-order valence-electron chi connectivity index (χ4n) is 2.66. The van der Waals surface area contributed by atoms with Crippen LogP contribution in [0.5, 0.6) is 0 Å². The summed E-state index contributed by atoms with van der Waals surface area (Å²) in [6, 6.07) is 7.72. The van der Waals surface area contributed by atoms with Gasteiger partial charge in [0, 0.05) is 32.7 Å². The number of aliphatic carboxylic acids is 1. The van der Waals surface area contributed by atoms with Gasteiger partial charge in [0.05, 0.1) is 5.41 Å². The van der Waals surface area contributed by atoms with Crippen molar-refractivity contribution in [2.75, 3.05) is 33.2 Å². The van der Waals surface area contributed by atoms with E-state index in [0.717, 1.165) is 37.3 Å². The average Bonchev–Trinajstić information content (AvgIpc) is 2.54. The van der Waals surface area contributed by atoms with E-state index >= 15 is 0 Å². The molecule has 1 fully saturated rings. The Morgan fingerprint density at radius 1 is 1.08 bits per heavy atom. The number of rotatable bonds is 5. The van der Waals surface area contributed by atoms with Gasteiger partial charge in [-0.15, -0.1) is 0 Å². The lowest BCUT2D eigenvalue weighted by molar-refractivity contribution is -0.146. The molecule has 1 aromatic carbocycles. The van der Waals surface area contributed by atoms with Gasteiger partial charge >= 0.3 is 12.0 Å². The first kappa shape index (κ1) is 18.3. The number of likely N-dealkylation sites (N-methyl/N-ethyl adjacent to an activating group) is 1. The molecule has 2 amide bonds. The van der Waals surface area contributed by atoms with Crippen molar-refractivity contribution in [2.24, 2.45) is 5.41 Å². The maximum Gasteiger partial charge on any atom is 0.317 e. The van der Waals surface area contributed by atoms with E-state index in [9.17, 15) is 14.7 Å². The molecular weight excluding hydrogens is 306 g/mol. The van der Waals surface area contributed by atoms with Crippen molar-refractivity contribution in [3.63, 3.8) is 0 Å². The molecule has 1 heterocycles. The highest BCUT2D eigenvalue weighted by atomic mass is 16.4. The Kier molecular flexibility index (Phi) is 5.83. The van der Waals surface area contributed by atoms with Crippen LogP contribution in [0.4, 0.5) is 4.79 Å². The van der Waals surface area contributed by atoms with Crippen LogP contribution < -0.4 is 5.32 Å². The summed E-state index contributed by atoms with van der Waals surface area (Å²) in [4.78, 5) is 27.4. The molecule has 1 aliphatic heterocycles. The minimum Gasteiger partial charge on any atom is -0.481 e. The van der Waals surface area contributed by atoms with Crippen molar-refractivity contribution in [3.05, 3.63) is 35.4 Å². The molecule has 0 saturated carbocycles. The molecule has 132 valence electrons. The third-order valence-electron chi connectivity index (χ3n) is 4.48. The molecule has 0 spiro atoms. The first-order valence-electron chi connectivity index (χ1n) is 8.30. The molecular formula is C18H27N3O3. The maximum absolute atomic E-state index is 12.1. The van der Waals surface area contributed by atoms with E-state index < -0.39 is 11.4 Å². The number of carbonyl (C=O) groups excluding carboxylic acids is 1. The smallest absolute Gasteiger partial charge is 0.317 e. The minimum absolute atomic E-state index is 0.0285. The van der Waals surface area contributed by atoms with Gasteiger partial charge in [0.1, 0.15) is 0 Å². The number of hydrogen-bond donors (Lipinski definition) is 2. The van der Waals surface area contributed by atoms with Gasteiger partial charge in [-0.05, 0) is 38.4 Å². The molecule has 6 heteroatoms. The highest BCUT2D eigenvalue weighted by Crippen LogP contribution is 2.22. The van der Waals surface area contributed by atoms with Gasteiger partial charge in [-0.25, -0.2) is 4.79 Å². The molecule has 0 aromatic heterocycles. The zero-order valence-corrected chi connectivity index (χ0v) is 14.7. The average molecular weight is 333 g/mol. The summed E-state index contributed by atoms with van der Waals surface area (Å²) in [5.41, 5.74) is 1.21. The summed E-state index contributed by atoms with van der Waals surface area (Å²) in [6.45, 7) is 7.24. The van der Waals surface area contributed by atoms with Gasteiger partial charge in [0.25, 0.3) is 0 Å². The number of piperazine rings is 1. The monoisotopic (exact) mass is 333 g/mol. The standard InChI is InChI=1S/C18H27N3O3/c1-18(2,16(22)23)12-14-4-6-15(7-5-14)13-19-17(24)21-10-8-20(3)9-11-21/h4-7H,8-13H2,1-3H3,(H,19,24)(H,22,23). The Labute approximate surface area is 143 Å². The van der Waals surface area contributed by atoms with Crippen molar-refractivity contribution in [1.29, 1.82) is 0 Å². The van der Waals surface area contributed by atoms with Gasteiger partial charge in [-0.1, -0.05) is 24.3 Å². The molecule has 1 saturated heterocycles. The highest BCUT2D eigenvalue weighted by molar-refractivity contribution is 5.74. The molecule has 1 aliphatic rings. The van der Waals surface area contributed by atoms with Crippen LogP contribution in [0.25, 0.3) is 0 Å². The Bertz CT molecular complexity index is 576. The summed E-state index contributed by atoms with van der Waals surface area (Å²) >= 11 is 0. The van der Waals surface area contributed by atoms with Gasteiger partial charge < -0.3 is 20.2 Å². The first-order chi connectivity index (χ1) is 11.3. The minimum atomic E-state index is -0.800. The molecule has 2 rings (SSSR count). The number of urea groups is 1. The lowest BCUT2D eigenvalue weighted by Crippen LogP contribution is -2.50. The van der Waals surface area contributed by atoms with Crippen molar-refractivity contribution in [2.45, 2.75) is 26.8 Å². The number of nitrogens with one attached hydrogen (secondary N) is 1. The summed E-state index contributed by atoms with van der Waals surface area (Å²) in [7, 11) is 2.06. The van der Waals surface area contributed by atoms with Crippen LogP contribution in [0.15, 0.2) is 24.3 Å². The highest BCUT2D eigenvalue weighted by Gasteiger charge is 2.27. The molecule has 0 bridgehead atoms. The lowest BCUT2D eigenvalue weighted by Gasteiger charge is -2.32. The van der Waals surface area contributed by atoms with E-state index in [4.69, 9.17) is 0 Å². The predicted octanol–water partition coefficient (Wildman–Crippen LogP) is 1.80. The largest absolute Gasteiger partial charge is 0.481 e. The Balaban J connectivity index is 1.83. The summed E-state index contributed by atoms with van der Waals surface area (Å²) in [5, 5.41) is 12.1. The van der Waals surface area contributed by atoms with Gasteiger partial charge in [0.2, 0.25) is 0 Å². The molecule has 0 radical (unpaired) electrons. The number of hydrogen-bond acceptors (Lipinski definition) is 3. The maximum atomic E-state index is 12.1. The van der Waals surface area contributed by atoms with Crippen molar-refractivity contribution >= 4 is 12.0 Å². The van der Waals surface area contributed by atoms with Crippen LogP contribution in [-0.4, -0.2) is 60.1 Å². The Morgan fingerprint density at radius 2 is 1.62 bits per heavy atom. The van der Waals surface area contributed by atoms with Crippen LogP contribution in [-0.2, 0) is 17.8 Å². The third kappa shape index (κ3) is 4.96. The third-order valence-corrected chi connectivity index (χ3v) is 4.48. The van der Waals surface area contributed by atoms with Crippen LogP contribution in [0.2, 0.25) is 0 Å². The molecule has 0 aliphatic carbocycles. The van der Waals surface area contributed by atoms with E-state index in [1.54, 1.807) is 13.8 Å². The Hall–Kier alpha value is -2.08. The van der Waals surface area contributed by atoms with Crippen LogP contribution >= 0.6 is 0 Å². The normalized spacial score (nSPS) is 16.0. The number of carboxylic acids is 1. The number of amides is 2. The topological polar surface area (TPSA) is 72.9 Å². The van der Waals surface area contributed by atoms with Crippen molar-refractivity contribution in [3.8, 4) is 0 Å². The van der Waals surface area contributed by atoms with E-state index in [-0.39, 0.29) is 6.03 Å². The van der Waals surface area contributed by atoms with E-state index in [1.165, 1.54) is 0 Å². The number of benzene rings is 1. The summed E-state index contributed by atoms with van der Waals surface area (Å²) < 4.78 is 0. The summed E-state index contributed by atoms with van der Waals surface area (Å²) in [5.74, 6) is -0.800. The van der Waals surface area contributed by atoms with Gasteiger partial charge in [0.15, 0.2) is 0 Å². The van der Waals surface area contributed by atoms with E-state index in [0.29, 0.717) is 13.0 Å². The molecule has 1 aromatic rings. The van der Waals surface area contributed by atoms with Crippen molar-refractivity contribution < 1.29 is 14.7 Å². The zero-order valence-electron chi connectivity index (χ0n) is 14.7. The SMILES string of the molecule is CN1CCN(C(=O)NCc2ccc(CC(C)(C)C(=O)O)cc2)CC1. The molecule has 0 atom stereocenters. The molecule has 6 nitrogen and oxygen atoms in total. The number of carboxylic acid groups (broad SMARTS) is 1. The van der Waals surface area contributed by atoms with Crippen LogP contribution in [0, 0.1) is 5.41 Å².